The molecule has 1 heterocycles. The Labute approximate surface area is 78.0 Å². The first kappa shape index (κ1) is 9.69. The van der Waals surface area contributed by atoms with Crippen molar-refractivity contribution in [1.29, 1.82) is 5.26 Å². The first-order valence-electron chi connectivity index (χ1n) is 4.27. The number of nitriles is 1. The van der Waals surface area contributed by atoms with Crippen molar-refractivity contribution in [2.75, 3.05) is 13.2 Å². The highest BCUT2D eigenvalue weighted by Gasteiger charge is 1.91. The molecule has 0 aliphatic heterocycles. The van der Waals surface area contributed by atoms with E-state index in [1.807, 2.05) is 18.2 Å². The molecule has 13 heavy (non-hydrogen) atoms. The molecule has 1 rings (SSSR count). The van der Waals surface area contributed by atoms with Crippen LogP contribution in [0, 0.1) is 11.3 Å². The zero-order valence-corrected chi connectivity index (χ0v) is 7.44. The molecule has 0 N–H and O–H groups in total. The maximum Gasteiger partial charge on any atom is 0.133 e. The summed E-state index contributed by atoms with van der Waals surface area (Å²) in [6.45, 7) is 0.840. The standard InChI is InChI=1S/C10H12N2O/c11-5-9-13-8-1-2-10-3-6-12-7-4-10/h3-4,6-7H,1-2,8-9H2. The zero-order chi connectivity index (χ0) is 9.36. The van der Waals surface area contributed by atoms with E-state index in [1.54, 1.807) is 12.4 Å². The average Bonchev–Trinajstić information content (AvgIpc) is 2.19. The van der Waals surface area contributed by atoms with Crippen molar-refractivity contribution in [3.05, 3.63) is 30.1 Å². The molecule has 0 amide bonds. The molecular weight excluding hydrogens is 164 g/mol. The molecule has 1 aromatic heterocycles. The van der Waals surface area contributed by atoms with Crippen molar-refractivity contribution in [2.24, 2.45) is 0 Å². The Hall–Kier alpha value is -1.40. The largest absolute Gasteiger partial charge is 0.367 e. The second-order valence-corrected chi connectivity index (χ2v) is 2.67. The summed E-state index contributed by atoms with van der Waals surface area (Å²) >= 11 is 0. The number of nitrogens with zero attached hydrogens (tertiary/aromatic N) is 2. The fourth-order valence-corrected chi connectivity index (χ4v) is 1.05. The first-order chi connectivity index (χ1) is 6.43. The lowest BCUT2D eigenvalue weighted by Crippen LogP contribution is -1.96. The Bertz CT molecular complexity index is 266. The Morgan fingerprint density at radius 2 is 2.15 bits per heavy atom. The molecule has 0 aliphatic rings. The number of pyridine rings is 1. The number of hydrogen-bond acceptors (Lipinski definition) is 3. The molecule has 1 aromatic rings. The summed E-state index contributed by atoms with van der Waals surface area (Å²) in [7, 11) is 0. The minimum Gasteiger partial charge on any atom is -0.367 e. The predicted octanol–water partition coefficient (Wildman–Crippen LogP) is 1.55. The van der Waals surface area contributed by atoms with Crippen LogP contribution >= 0.6 is 0 Å². The molecular formula is C10H12N2O. The maximum absolute atomic E-state index is 8.20. The first-order valence-corrected chi connectivity index (χ1v) is 4.27. The third-order valence-corrected chi connectivity index (χ3v) is 1.67. The molecule has 0 aliphatic carbocycles. The van der Waals surface area contributed by atoms with Crippen molar-refractivity contribution >= 4 is 0 Å². The second kappa shape index (κ2) is 6.15. The molecule has 0 radical (unpaired) electrons. The molecule has 0 aromatic carbocycles. The Morgan fingerprint density at radius 3 is 2.85 bits per heavy atom. The number of aryl methyl sites for hydroxylation is 1. The third kappa shape index (κ3) is 4.24. The van der Waals surface area contributed by atoms with Gasteiger partial charge in [-0.05, 0) is 30.5 Å². The predicted molar refractivity (Wildman–Crippen MR) is 49.0 cm³/mol. The van der Waals surface area contributed by atoms with Gasteiger partial charge in [0.2, 0.25) is 0 Å². The van der Waals surface area contributed by atoms with E-state index in [-0.39, 0.29) is 6.61 Å². The summed E-state index contributed by atoms with van der Waals surface area (Å²) < 4.78 is 5.03. The summed E-state index contributed by atoms with van der Waals surface area (Å²) in [6, 6.07) is 5.91. The van der Waals surface area contributed by atoms with E-state index in [0.717, 1.165) is 12.8 Å². The summed E-state index contributed by atoms with van der Waals surface area (Å²) in [4.78, 5) is 3.93. The van der Waals surface area contributed by atoms with Crippen LogP contribution in [0.25, 0.3) is 0 Å². The molecule has 3 heteroatoms. The van der Waals surface area contributed by atoms with Crippen LogP contribution in [-0.2, 0) is 11.2 Å². The normalized spacial score (nSPS) is 9.46. The lowest BCUT2D eigenvalue weighted by Gasteiger charge is -1.99. The van der Waals surface area contributed by atoms with Gasteiger partial charge in [0.25, 0.3) is 0 Å². The SMILES string of the molecule is N#CCOCCCc1ccncc1. The quantitative estimate of drug-likeness (QED) is 0.639. The van der Waals surface area contributed by atoms with Gasteiger partial charge in [0, 0.05) is 19.0 Å². The monoisotopic (exact) mass is 176 g/mol. The summed E-state index contributed by atoms with van der Waals surface area (Å²) in [6.07, 6.45) is 5.50. The zero-order valence-electron chi connectivity index (χ0n) is 7.44. The molecule has 0 fully saturated rings. The Morgan fingerprint density at radius 1 is 1.38 bits per heavy atom. The van der Waals surface area contributed by atoms with Gasteiger partial charge in [0.1, 0.15) is 6.61 Å². The minimum absolute atomic E-state index is 0.191. The Balaban J connectivity index is 2.11. The molecule has 68 valence electrons. The van der Waals surface area contributed by atoms with E-state index < -0.39 is 0 Å². The maximum atomic E-state index is 8.20. The van der Waals surface area contributed by atoms with Crippen LogP contribution in [0.5, 0.6) is 0 Å². The molecule has 0 saturated carbocycles. The number of rotatable bonds is 5. The van der Waals surface area contributed by atoms with E-state index in [2.05, 4.69) is 4.98 Å². The van der Waals surface area contributed by atoms with Gasteiger partial charge < -0.3 is 4.74 Å². The van der Waals surface area contributed by atoms with Crippen LogP contribution in [-0.4, -0.2) is 18.2 Å². The van der Waals surface area contributed by atoms with Crippen LogP contribution in [0.3, 0.4) is 0 Å². The van der Waals surface area contributed by atoms with Gasteiger partial charge in [0.05, 0.1) is 6.07 Å². The van der Waals surface area contributed by atoms with Gasteiger partial charge in [-0.15, -0.1) is 0 Å². The van der Waals surface area contributed by atoms with Crippen molar-refractivity contribution in [1.82, 2.24) is 4.98 Å². The van der Waals surface area contributed by atoms with E-state index in [9.17, 15) is 0 Å². The van der Waals surface area contributed by atoms with E-state index in [0.29, 0.717) is 6.61 Å². The second-order valence-electron chi connectivity index (χ2n) is 2.67. The fraction of sp³-hybridized carbons (Fsp3) is 0.400. The van der Waals surface area contributed by atoms with Crippen molar-refractivity contribution < 1.29 is 4.74 Å². The highest BCUT2D eigenvalue weighted by Crippen LogP contribution is 2.00. The highest BCUT2D eigenvalue weighted by atomic mass is 16.5. The lowest BCUT2D eigenvalue weighted by molar-refractivity contribution is 0.163. The van der Waals surface area contributed by atoms with Gasteiger partial charge in [-0.1, -0.05) is 0 Å². The van der Waals surface area contributed by atoms with Gasteiger partial charge in [-0.25, -0.2) is 0 Å². The number of ether oxygens (including phenoxy) is 1. The van der Waals surface area contributed by atoms with Crippen LogP contribution < -0.4 is 0 Å². The molecule has 0 atom stereocenters. The fourth-order valence-electron chi connectivity index (χ4n) is 1.05. The minimum atomic E-state index is 0.191. The van der Waals surface area contributed by atoms with Crippen molar-refractivity contribution in [2.45, 2.75) is 12.8 Å². The number of aromatic nitrogens is 1. The smallest absolute Gasteiger partial charge is 0.133 e. The summed E-state index contributed by atoms with van der Waals surface area (Å²) in [5, 5.41) is 8.20. The van der Waals surface area contributed by atoms with Crippen LogP contribution in [0.1, 0.15) is 12.0 Å². The number of hydrogen-bond donors (Lipinski definition) is 0. The van der Waals surface area contributed by atoms with Gasteiger partial charge in [-0.2, -0.15) is 5.26 Å². The molecule has 0 saturated heterocycles. The van der Waals surface area contributed by atoms with Crippen LogP contribution in [0.2, 0.25) is 0 Å². The molecule has 0 spiro atoms. The lowest BCUT2D eigenvalue weighted by atomic mass is 10.1. The van der Waals surface area contributed by atoms with Gasteiger partial charge in [-0.3, -0.25) is 4.98 Å². The molecule has 3 nitrogen and oxygen atoms in total. The third-order valence-electron chi connectivity index (χ3n) is 1.67. The highest BCUT2D eigenvalue weighted by molar-refractivity contribution is 5.09. The van der Waals surface area contributed by atoms with Crippen molar-refractivity contribution in [3.63, 3.8) is 0 Å². The topological polar surface area (TPSA) is 45.9 Å². The Kier molecular flexibility index (Phi) is 4.58. The molecule has 0 bridgehead atoms. The van der Waals surface area contributed by atoms with Crippen LogP contribution in [0.15, 0.2) is 24.5 Å². The summed E-state index contributed by atoms with van der Waals surface area (Å²) in [5.41, 5.74) is 1.26. The van der Waals surface area contributed by atoms with Crippen molar-refractivity contribution in [3.8, 4) is 6.07 Å². The van der Waals surface area contributed by atoms with Gasteiger partial charge >= 0.3 is 0 Å². The van der Waals surface area contributed by atoms with Gasteiger partial charge in [0.15, 0.2) is 0 Å². The van der Waals surface area contributed by atoms with E-state index >= 15 is 0 Å². The average molecular weight is 176 g/mol. The summed E-state index contributed by atoms with van der Waals surface area (Å²) in [5.74, 6) is 0. The van der Waals surface area contributed by atoms with Crippen LogP contribution in [0.4, 0.5) is 0 Å². The van der Waals surface area contributed by atoms with E-state index in [4.69, 9.17) is 10.00 Å². The molecule has 0 unspecified atom stereocenters. The van der Waals surface area contributed by atoms with E-state index in [1.165, 1.54) is 5.56 Å².